The second-order valence-corrected chi connectivity index (χ2v) is 2.06. The predicted octanol–water partition coefficient (Wildman–Crippen LogP) is 0.692. The minimum Gasteiger partial charge on any atom is -0.323 e. The fourth-order valence-electron chi connectivity index (χ4n) is 0.841. The molecule has 0 aliphatic rings. The van der Waals surface area contributed by atoms with E-state index in [-0.39, 0.29) is 0 Å². The van der Waals surface area contributed by atoms with Gasteiger partial charge in [-0.25, -0.2) is 4.98 Å². The third-order valence-electron chi connectivity index (χ3n) is 1.32. The van der Waals surface area contributed by atoms with E-state index in [0.717, 1.165) is 5.82 Å². The van der Waals surface area contributed by atoms with Gasteiger partial charge in [0.05, 0.1) is 13.0 Å². The van der Waals surface area contributed by atoms with E-state index in [0.29, 0.717) is 13.0 Å². The Labute approximate surface area is 66.3 Å². The Morgan fingerprint density at radius 3 is 2.91 bits per heavy atom. The summed E-state index contributed by atoms with van der Waals surface area (Å²) < 4.78 is 1.86. The second kappa shape index (κ2) is 3.49. The van der Waals surface area contributed by atoms with Crippen LogP contribution in [0.3, 0.4) is 0 Å². The molecule has 0 atom stereocenters. The van der Waals surface area contributed by atoms with Gasteiger partial charge in [-0.3, -0.25) is 0 Å². The summed E-state index contributed by atoms with van der Waals surface area (Å²) in [6.45, 7) is 0.539. The first kappa shape index (κ1) is 7.44. The van der Waals surface area contributed by atoms with Crippen molar-refractivity contribution >= 4 is 0 Å². The lowest BCUT2D eigenvalue weighted by Crippen LogP contribution is -2.00. The van der Waals surface area contributed by atoms with Gasteiger partial charge in [0.2, 0.25) is 0 Å². The van der Waals surface area contributed by atoms with Crippen molar-refractivity contribution in [3.8, 4) is 24.7 Å². The molecule has 11 heavy (non-hydrogen) atoms. The van der Waals surface area contributed by atoms with Crippen molar-refractivity contribution in [3.05, 3.63) is 18.2 Å². The molecule has 1 heterocycles. The zero-order chi connectivity index (χ0) is 8.10. The van der Waals surface area contributed by atoms with Crippen LogP contribution < -0.4 is 0 Å². The maximum absolute atomic E-state index is 5.13. The molecule has 2 nitrogen and oxygen atoms in total. The average Bonchev–Trinajstić information content (AvgIpc) is 2.39. The molecule has 0 aliphatic heterocycles. The van der Waals surface area contributed by atoms with Crippen molar-refractivity contribution in [2.45, 2.75) is 13.0 Å². The average molecular weight is 144 g/mol. The molecule has 1 aromatic heterocycles. The maximum atomic E-state index is 5.13. The molecular weight excluding hydrogens is 136 g/mol. The highest BCUT2D eigenvalue weighted by Gasteiger charge is 1.97. The SMILES string of the molecule is C#CCc1nccn1CC#C. The van der Waals surface area contributed by atoms with E-state index in [1.165, 1.54) is 0 Å². The summed E-state index contributed by atoms with van der Waals surface area (Å²) in [6, 6.07) is 0. The first-order chi connectivity index (χ1) is 5.38. The fraction of sp³-hybridized carbons (Fsp3) is 0.222. The Kier molecular flexibility index (Phi) is 2.36. The van der Waals surface area contributed by atoms with Crippen molar-refractivity contribution in [2.75, 3.05) is 0 Å². The van der Waals surface area contributed by atoms with Crippen LogP contribution in [0.25, 0.3) is 0 Å². The Balaban J connectivity index is 2.82. The molecule has 0 N–H and O–H groups in total. The van der Waals surface area contributed by atoms with E-state index in [1.54, 1.807) is 6.20 Å². The van der Waals surface area contributed by atoms with Gasteiger partial charge in [-0.1, -0.05) is 11.8 Å². The van der Waals surface area contributed by atoms with Crippen LogP contribution in [0.4, 0.5) is 0 Å². The van der Waals surface area contributed by atoms with Crippen LogP contribution in [0.2, 0.25) is 0 Å². The van der Waals surface area contributed by atoms with E-state index >= 15 is 0 Å². The van der Waals surface area contributed by atoms with Crippen LogP contribution in [0.5, 0.6) is 0 Å². The molecule has 1 aromatic rings. The lowest BCUT2D eigenvalue weighted by molar-refractivity contribution is 0.781. The Morgan fingerprint density at radius 1 is 1.45 bits per heavy atom. The summed E-state index contributed by atoms with van der Waals surface area (Å²) >= 11 is 0. The second-order valence-electron chi connectivity index (χ2n) is 2.06. The zero-order valence-electron chi connectivity index (χ0n) is 6.12. The molecule has 0 fully saturated rings. The Morgan fingerprint density at radius 2 is 2.27 bits per heavy atom. The Hall–Kier alpha value is -1.67. The summed E-state index contributed by atoms with van der Waals surface area (Å²) in [5, 5.41) is 0. The normalized spacial score (nSPS) is 8.55. The van der Waals surface area contributed by atoms with E-state index in [1.807, 2.05) is 10.8 Å². The van der Waals surface area contributed by atoms with Crippen molar-refractivity contribution in [1.82, 2.24) is 9.55 Å². The van der Waals surface area contributed by atoms with E-state index < -0.39 is 0 Å². The van der Waals surface area contributed by atoms with Crippen molar-refractivity contribution in [1.29, 1.82) is 0 Å². The molecule has 0 aromatic carbocycles. The number of hydrogen-bond donors (Lipinski definition) is 0. The van der Waals surface area contributed by atoms with Gasteiger partial charge in [0, 0.05) is 12.4 Å². The molecule has 2 heteroatoms. The van der Waals surface area contributed by atoms with Crippen molar-refractivity contribution < 1.29 is 0 Å². The van der Waals surface area contributed by atoms with Gasteiger partial charge < -0.3 is 4.57 Å². The van der Waals surface area contributed by atoms with E-state index in [2.05, 4.69) is 16.8 Å². The molecule has 0 spiro atoms. The molecule has 0 saturated carbocycles. The van der Waals surface area contributed by atoms with Crippen molar-refractivity contribution in [3.63, 3.8) is 0 Å². The van der Waals surface area contributed by atoms with E-state index in [4.69, 9.17) is 12.8 Å². The number of imidazole rings is 1. The number of nitrogens with zero attached hydrogens (tertiary/aromatic N) is 2. The summed E-state index contributed by atoms with van der Waals surface area (Å²) in [6.07, 6.45) is 14.3. The van der Waals surface area contributed by atoms with Gasteiger partial charge in [-0.15, -0.1) is 12.8 Å². The molecule has 0 amide bonds. The lowest BCUT2D eigenvalue weighted by atomic mass is 10.4. The van der Waals surface area contributed by atoms with Crippen LogP contribution in [0.1, 0.15) is 5.82 Å². The van der Waals surface area contributed by atoms with Crippen LogP contribution >= 0.6 is 0 Å². The van der Waals surface area contributed by atoms with Gasteiger partial charge in [-0.05, 0) is 0 Å². The topological polar surface area (TPSA) is 17.8 Å². The minimum absolute atomic E-state index is 0.536. The van der Waals surface area contributed by atoms with Gasteiger partial charge in [0.15, 0.2) is 0 Å². The smallest absolute Gasteiger partial charge is 0.121 e. The molecule has 54 valence electrons. The first-order valence-corrected chi connectivity index (χ1v) is 3.25. The molecular formula is C9H8N2. The van der Waals surface area contributed by atoms with Crippen LogP contribution in [0, 0.1) is 24.7 Å². The van der Waals surface area contributed by atoms with Gasteiger partial charge >= 0.3 is 0 Å². The zero-order valence-corrected chi connectivity index (χ0v) is 6.12. The monoisotopic (exact) mass is 144 g/mol. The number of terminal acetylenes is 2. The van der Waals surface area contributed by atoms with Crippen molar-refractivity contribution in [2.24, 2.45) is 0 Å². The molecule has 0 unspecified atom stereocenters. The quantitative estimate of drug-likeness (QED) is 0.558. The number of hydrogen-bond acceptors (Lipinski definition) is 1. The minimum atomic E-state index is 0.536. The molecule has 1 rings (SSSR count). The van der Waals surface area contributed by atoms with Gasteiger partial charge in [0.1, 0.15) is 5.82 Å². The predicted molar refractivity (Wildman–Crippen MR) is 43.6 cm³/mol. The summed E-state index contributed by atoms with van der Waals surface area (Å²) in [5.41, 5.74) is 0. The third kappa shape index (κ3) is 1.63. The van der Waals surface area contributed by atoms with Crippen LogP contribution in [0.15, 0.2) is 12.4 Å². The molecule has 0 aliphatic carbocycles. The Bertz CT molecular complexity index is 279. The van der Waals surface area contributed by atoms with Crippen LogP contribution in [-0.2, 0) is 13.0 Å². The first-order valence-electron chi connectivity index (χ1n) is 3.25. The maximum Gasteiger partial charge on any atom is 0.121 e. The lowest BCUT2D eigenvalue weighted by Gasteiger charge is -1.98. The number of rotatable bonds is 2. The van der Waals surface area contributed by atoms with Gasteiger partial charge in [0.25, 0.3) is 0 Å². The largest absolute Gasteiger partial charge is 0.323 e. The highest BCUT2D eigenvalue weighted by atomic mass is 15.0. The van der Waals surface area contributed by atoms with E-state index in [9.17, 15) is 0 Å². The number of aromatic nitrogens is 2. The molecule has 0 radical (unpaired) electrons. The molecule has 0 bridgehead atoms. The molecule has 0 saturated heterocycles. The third-order valence-corrected chi connectivity index (χ3v) is 1.32. The summed E-state index contributed by atoms with van der Waals surface area (Å²) in [4.78, 5) is 4.05. The van der Waals surface area contributed by atoms with Gasteiger partial charge in [-0.2, -0.15) is 0 Å². The fourth-order valence-corrected chi connectivity index (χ4v) is 0.841. The van der Waals surface area contributed by atoms with Crippen LogP contribution in [-0.4, -0.2) is 9.55 Å². The summed E-state index contributed by atoms with van der Waals surface area (Å²) in [7, 11) is 0. The highest BCUT2D eigenvalue weighted by molar-refractivity contribution is 5.04. The standard InChI is InChI=1S/C9H8N2/c1-3-5-9-10-6-8-11(9)7-4-2/h1-2,6,8H,5,7H2. The highest BCUT2D eigenvalue weighted by Crippen LogP contribution is 1.96. The summed E-state index contributed by atoms with van der Waals surface area (Å²) in [5.74, 6) is 5.89.